The maximum absolute atomic E-state index is 12.2. The fourth-order valence-electron chi connectivity index (χ4n) is 1.83. The van der Waals surface area contributed by atoms with Gasteiger partial charge >= 0.3 is 12.4 Å². The van der Waals surface area contributed by atoms with Crippen LogP contribution in [-0.2, 0) is 0 Å². The molecule has 8 heteroatoms. The molecule has 0 aliphatic rings. The van der Waals surface area contributed by atoms with E-state index in [-0.39, 0.29) is 13.0 Å². The molecule has 0 rings (SSSR count). The Morgan fingerprint density at radius 3 is 1.63 bits per heavy atom. The Morgan fingerprint density at radius 2 is 1.32 bits per heavy atom. The highest BCUT2D eigenvalue weighted by Crippen LogP contribution is 2.23. The zero-order valence-electron chi connectivity index (χ0n) is 11.0. The summed E-state index contributed by atoms with van der Waals surface area (Å²) in [6, 6.07) is 0. The third kappa shape index (κ3) is 11.1. The molecule has 0 saturated heterocycles. The van der Waals surface area contributed by atoms with Crippen molar-refractivity contribution < 1.29 is 26.3 Å². The lowest BCUT2D eigenvalue weighted by atomic mass is 9.93. The van der Waals surface area contributed by atoms with Crippen LogP contribution in [0.4, 0.5) is 26.3 Å². The van der Waals surface area contributed by atoms with Crippen molar-refractivity contribution in [2.45, 2.75) is 51.0 Å². The molecule has 0 aromatic heterocycles. The van der Waals surface area contributed by atoms with Crippen LogP contribution in [-0.4, -0.2) is 42.4 Å². The Kier molecular flexibility index (Phi) is 6.61. The maximum Gasteiger partial charge on any atom is 0.401 e. The largest absolute Gasteiger partial charge is 0.401 e. The molecule has 0 spiro atoms. The minimum absolute atomic E-state index is 0.0903. The van der Waals surface area contributed by atoms with Gasteiger partial charge in [0.25, 0.3) is 0 Å². The number of alkyl halides is 6. The molecule has 1 atom stereocenters. The third-order valence-corrected chi connectivity index (χ3v) is 2.63. The Balaban J connectivity index is 4.51. The zero-order chi connectivity index (χ0) is 15.3. The summed E-state index contributed by atoms with van der Waals surface area (Å²) < 4.78 is 73.3. The smallest absolute Gasteiger partial charge is 0.325 e. The van der Waals surface area contributed by atoms with Crippen LogP contribution in [0, 0.1) is 0 Å². The second kappa shape index (κ2) is 6.78. The topological polar surface area (TPSA) is 29.3 Å². The van der Waals surface area contributed by atoms with Crippen molar-refractivity contribution in [2.75, 3.05) is 19.6 Å². The van der Waals surface area contributed by atoms with E-state index in [4.69, 9.17) is 5.73 Å². The maximum atomic E-state index is 12.2. The van der Waals surface area contributed by atoms with Gasteiger partial charge < -0.3 is 5.73 Å². The van der Waals surface area contributed by atoms with Gasteiger partial charge in [0.05, 0.1) is 13.1 Å². The van der Waals surface area contributed by atoms with Crippen molar-refractivity contribution in [3.05, 3.63) is 0 Å². The van der Waals surface area contributed by atoms with Gasteiger partial charge in [0, 0.05) is 12.1 Å². The van der Waals surface area contributed by atoms with Crippen molar-refractivity contribution in [1.82, 2.24) is 4.90 Å². The summed E-state index contributed by atoms with van der Waals surface area (Å²) >= 11 is 0. The third-order valence-electron chi connectivity index (χ3n) is 2.63. The lowest BCUT2D eigenvalue weighted by molar-refractivity contribution is -0.180. The molecule has 0 aromatic rings. The van der Waals surface area contributed by atoms with Crippen molar-refractivity contribution in [3.8, 4) is 0 Å². The first-order valence-electron chi connectivity index (χ1n) is 5.99. The van der Waals surface area contributed by atoms with E-state index in [0.29, 0.717) is 11.3 Å². The first-order chi connectivity index (χ1) is 8.35. The molecule has 0 aromatic carbocycles. The van der Waals surface area contributed by atoms with E-state index in [1.807, 2.05) is 6.92 Å². The second-order valence-corrected chi connectivity index (χ2v) is 5.10. The molecule has 0 bridgehead atoms. The van der Waals surface area contributed by atoms with Gasteiger partial charge in [-0.05, 0) is 19.8 Å². The Morgan fingerprint density at radius 1 is 0.895 bits per heavy atom. The first-order valence-corrected chi connectivity index (χ1v) is 5.99. The summed E-state index contributed by atoms with van der Waals surface area (Å²) in [5.41, 5.74) is 5.07. The summed E-state index contributed by atoms with van der Waals surface area (Å²) in [7, 11) is 0. The Bertz CT molecular complexity index is 243. The lowest BCUT2D eigenvalue weighted by Gasteiger charge is -2.30. The number of rotatable bonds is 7. The minimum Gasteiger partial charge on any atom is -0.325 e. The normalized spacial score (nSPS) is 16.7. The van der Waals surface area contributed by atoms with Crippen LogP contribution in [0.2, 0.25) is 0 Å². The molecule has 116 valence electrons. The summed E-state index contributed by atoms with van der Waals surface area (Å²) in [6.07, 6.45) is -7.93. The van der Waals surface area contributed by atoms with Crippen LogP contribution in [0.15, 0.2) is 0 Å². The van der Waals surface area contributed by atoms with Crippen LogP contribution in [0.3, 0.4) is 0 Å². The summed E-state index contributed by atoms with van der Waals surface area (Å²) in [6.45, 7) is 0.0135. The van der Waals surface area contributed by atoms with Gasteiger partial charge in [-0.3, -0.25) is 4.90 Å². The van der Waals surface area contributed by atoms with Crippen LogP contribution in [0.5, 0.6) is 0 Å². The van der Waals surface area contributed by atoms with Gasteiger partial charge in [0.15, 0.2) is 0 Å². The number of nitrogens with two attached hydrogens (primary N) is 1. The average molecular weight is 294 g/mol. The molecule has 0 aliphatic heterocycles. The summed E-state index contributed by atoms with van der Waals surface area (Å²) in [4.78, 5) is 0.348. The van der Waals surface area contributed by atoms with E-state index in [2.05, 4.69) is 0 Å². The molecule has 1 unspecified atom stereocenters. The van der Waals surface area contributed by atoms with Gasteiger partial charge in [0.1, 0.15) is 0 Å². The highest BCUT2D eigenvalue weighted by atomic mass is 19.4. The van der Waals surface area contributed by atoms with E-state index in [9.17, 15) is 26.3 Å². The van der Waals surface area contributed by atoms with E-state index in [1.165, 1.54) is 0 Å². The minimum atomic E-state index is -4.65. The van der Waals surface area contributed by atoms with Gasteiger partial charge in [-0.15, -0.1) is 0 Å². The quantitative estimate of drug-likeness (QED) is 0.730. The Hall–Kier alpha value is -0.500. The highest BCUT2D eigenvalue weighted by molar-refractivity contribution is 4.80. The molecule has 0 saturated carbocycles. The molecule has 2 N–H and O–H groups in total. The van der Waals surface area contributed by atoms with Crippen molar-refractivity contribution in [3.63, 3.8) is 0 Å². The molecule has 2 nitrogen and oxygen atoms in total. The predicted octanol–water partition coefficient (Wildman–Crippen LogP) is 3.32. The molecule has 0 radical (unpaired) electrons. The van der Waals surface area contributed by atoms with Crippen LogP contribution in [0.25, 0.3) is 0 Å². The SMILES string of the molecule is CCCC(C)(N)CCN(CC(F)(F)F)CC(F)(F)F. The second-order valence-electron chi connectivity index (χ2n) is 5.10. The number of hydrogen-bond donors (Lipinski definition) is 1. The molecule has 0 aliphatic carbocycles. The van der Waals surface area contributed by atoms with Crippen LogP contribution < -0.4 is 5.73 Å². The molecule has 0 fully saturated rings. The van der Waals surface area contributed by atoms with E-state index in [1.54, 1.807) is 6.92 Å². The standard InChI is InChI=1S/C11H20F6N2/c1-3-4-9(2,18)5-6-19(7-10(12,13)14)8-11(15,16)17/h3-8,18H2,1-2H3. The summed E-state index contributed by atoms with van der Waals surface area (Å²) in [5, 5.41) is 0. The van der Waals surface area contributed by atoms with Crippen molar-refractivity contribution >= 4 is 0 Å². The molecule has 0 heterocycles. The number of nitrogens with zero attached hydrogens (tertiary/aromatic N) is 1. The first kappa shape index (κ1) is 18.5. The number of halogens is 6. The molecule has 0 amide bonds. The number of hydrogen-bond acceptors (Lipinski definition) is 2. The van der Waals surface area contributed by atoms with Crippen LogP contribution >= 0.6 is 0 Å². The lowest BCUT2D eigenvalue weighted by Crippen LogP contribution is -2.45. The predicted molar refractivity (Wildman–Crippen MR) is 60.7 cm³/mol. The van der Waals surface area contributed by atoms with E-state index in [0.717, 1.165) is 6.42 Å². The zero-order valence-corrected chi connectivity index (χ0v) is 11.0. The Labute approximate surface area is 108 Å². The van der Waals surface area contributed by atoms with Gasteiger partial charge in [-0.1, -0.05) is 13.3 Å². The van der Waals surface area contributed by atoms with Crippen molar-refractivity contribution in [1.29, 1.82) is 0 Å². The fourth-order valence-corrected chi connectivity index (χ4v) is 1.83. The molecule has 19 heavy (non-hydrogen) atoms. The molecular formula is C11H20F6N2. The summed E-state index contributed by atoms with van der Waals surface area (Å²) in [5.74, 6) is 0. The van der Waals surface area contributed by atoms with E-state index < -0.39 is 31.0 Å². The monoisotopic (exact) mass is 294 g/mol. The van der Waals surface area contributed by atoms with Crippen LogP contribution in [0.1, 0.15) is 33.1 Å². The average Bonchev–Trinajstić information content (AvgIpc) is 2.09. The van der Waals surface area contributed by atoms with Gasteiger partial charge in [0.2, 0.25) is 0 Å². The van der Waals surface area contributed by atoms with Gasteiger partial charge in [-0.25, -0.2) is 0 Å². The molecular weight excluding hydrogens is 274 g/mol. The van der Waals surface area contributed by atoms with Gasteiger partial charge in [-0.2, -0.15) is 26.3 Å². The fraction of sp³-hybridized carbons (Fsp3) is 1.00. The van der Waals surface area contributed by atoms with Crippen molar-refractivity contribution in [2.24, 2.45) is 5.73 Å². The highest BCUT2D eigenvalue weighted by Gasteiger charge is 2.37. The van der Waals surface area contributed by atoms with E-state index >= 15 is 0 Å².